The molecule has 0 unspecified atom stereocenters. The summed E-state index contributed by atoms with van der Waals surface area (Å²) in [6.45, 7) is 7.68. The van der Waals surface area contributed by atoms with Crippen LogP contribution < -0.4 is 5.32 Å². The number of nitrogens with one attached hydrogen (secondary N) is 1. The second kappa shape index (κ2) is 6.19. The van der Waals surface area contributed by atoms with Crippen molar-refractivity contribution in [3.05, 3.63) is 35.4 Å². The highest BCUT2D eigenvalue weighted by molar-refractivity contribution is 5.81. The monoisotopic (exact) mass is 248 g/mol. The SMILES string of the molecule is Cc1ccccc1/C=N/OCC(=O)NC(C)(C)C. The van der Waals surface area contributed by atoms with Crippen LogP contribution in [0.4, 0.5) is 0 Å². The molecule has 0 fully saturated rings. The van der Waals surface area contributed by atoms with E-state index in [0.29, 0.717) is 0 Å². The van der Waals surface area contributed by atoms with Gasteiger partial charge >= 0.3 is 0 Å². The lowest BCUT2D eigenvalue weighted by Gasteiger charge is -2.19. The van der Waals surface area contributed by atoms with Crippen molar-refractivity contribution in [2.75, 3.05) is 6.61 Å². The fraction of sp³-hybridized carbons (Fsp3) is 0.429. The van der Waals surface area contributed by atoms with E-state index in [1.165, 1.54) is 0 Å². The number of carbonyl (C=O) groups excluding carboxylic acids is 1. The van der Waals surface area contributed by atoms with Gasteiger partial charge in [-0.3, -0.25) is 4.79 Å². The molecule has 0 saturated heterocycles. The Morgan fingerprint density at radius 1 is 1.39 bits per heavy atom. The van der Waals surface area contributed by atoms with Crippen LogP contribution in [0.3, 0.4) is 0 Å². The molecular formula is C14H20N2O2. The Bertz CT molecular complexity index is 434. The van der Waals surface area contributed by atoms with Crippen molar-refractivity contribution in [2.24, 2.45) is 5.16 Å². The van der Waals surface area contributed by atoms with Crippen molar-refractivity contribution in [1.82, 2.24) is 5.32 Å². The molecule has 0 spiro atoms. The Morgan fingerprint density at radius 2 is 2.06 bits per heavy atom. The standard InChI is InChI=1S/C14H20N2O2/c1-11-7-5-6-8-12(11)9-15-18-10-13(17)16-14(2,3)4/h5-9H,10H2,1-4H3,(H,16,17)/b15-9+. The van der Waals surface area contributed by atoms with E-state index in [-0.39, 0.29) is 18.1 Å². The zero-order chi connectivity index (χ0) is 13.6. The van der Waals surface area contributed by atoms with Gasteiger partial charge in [-0.1, -0.05) is 29.4 Å². The molecule has 1 rings (SSSR count). The third kappa shape index (κ3) is 5.48. The molecule has 0 bridgehead atoms. The maximum Gasteiger partial charge on any atom is 0.261 e. The van der Waals surface area contributed by atoms with Crippen molar-refractivity contribution in [3.8, 4) is 0 Å². The minimum atomic E-state index is -0.250. The van der Waals surface area contributed by atoms with E-state index >= 15 is 0 Å². The summed E-state index contributed by atoms with van der Waals surface area (Å²) >= 11 is 0. The van der Waals surface area contributed by atoms with Crippen molar-refractivity contribution in [1.29, 1.82) is 0 Å². The van der Waals surface area contributed by atoms with Crippen molar-refractivity contribution >= 4 is 12.1 Å². The molecule has 4 heteroatoms. The summed E-state index contributed by atoms with van der Waals surface area (Å²) in [4.78, 5) is 16.4. The number of amides is 1. The number of aryl methyl sites for hydroxylation is 1. The molecule has 0 aromatic heterocycles. The minimum absolute atomic E-state index is 0.0698. The molecule has 0 radical (unpaired) electrons. The van der Waals surface area contributed by atoms with Crippen LogP contribution in [0, 0.1) is 6.92 Å². The topological polar surface area (TPSA) is 50.7 Å². The smallest absolute Gasteiger partial charge is 0.261 e. The maximum absolute atomic E-state index is 11.4. The molecule has 1 aromatic rings. The molecule has 0 aliphatic rings. The van der Waals surface area contributed by atoms with Gasteiger partial charge in [0.2, 0.25) is 0 Å². The van der Waals surface area contributed by atoms with Gasteiger partial charge < -0.3 is 10.2 Å². The van der Waals surface area contributed by atoms with Crippen LogP contribution in [0.1, 0.15) is 31.9 Å². The molecule has 0 saturated carbocycles. The summed E-state index contributed by atoms with van der Waals surface area (Å²) < 4.78 is 0. The van der Waals surface area contributed by atoms with Gasteiger partial charge in [0.1, 0.15) is 0 Å². The average Bonchev–Trinajstić information content (AvgIpc) is 2.24. The molecule has 0 aliphatic carbocycles. The van der Waals surface area contributed by atoms with Crippen LogP contribution in [0.15, 0.2) is 29.4 Å². The lowest BCUT2D eigenvalue weighted by Crippen LogP contribution is -2.42. The zero-order valence-corrected chi connectivity index (χ0v) is 11.4. The van der Waals surface area contributed by atoms with E-state index in [9.17, 15) is 4.79 Å². The summed E-state index contributed by atoms with van der Waals surface area (Å²) in [6, 6.07) is 7.83. The molecule has 4 nitrogen and oxygen atoms in total. The number of nitrogens with zero attached hydrogens (tertiary/aromatic N) is 1. The first-order valence-electron chi connectivity index (χ1n) is 5.90. The lowest BCUT2D eigenvalue weighted by molar-refractivity contribution is -0.127. The van der Waals surface area contributed by atoms with Crippen molar-refractivity contribution < 1.29 is 9.63 Å². The normalized spacial score (nSPS) is 11.6. The number of hydrogen-bond donors (Lipinski definition) is 1. The number of carbonyl (C=O) groups is 1. The molecule has 0 heterocycles. The van der Waals surface area contributed by atoms with Crippen LogP contribution >= 0.6 is 0 Å². The number of oxime groups is 1. The van der Waals surface area contributed by atoms with Gasteiger partial charge in [0.25, 0.3) is 5.91 Å². The van der Waals surface area contributed by atoms with E-state index in [4.69, 9.17) is 4.84 Å². The summed E-state index contributed by atoms with van der Waals surface area (Å²) in [5, 5.41) is 6.58. The van der Waals surface area contributed by atoms with Crippen molar-refractivity contribution in [2.45, 2.75) is 33.2 Å². The van der Waals surface area contributed by atoms with Gasteiger partial charge in [0.05, 0.1) is 6.21 Å². The molecule has 0 aliphatic heterocycles. The molecule has 1 amide bonds. The Labute approximate surface area is 108 Å². The van der Waals surface area contributed by atoms with E-state index in [1.54, 1.807) is 6.21 Å². The molecule has 1 aromatic carbocycles. The summed E-state index contributed by atoms with van der Waals surface area (Å²) in [6.07, 6.45) is 1.61. The van der Waals surface area contributed by atoms with Crippen LogP contribution in [-0.4, -0.2) is 24.3 Å². The zero-order valence-electron chi connectivity index (χ0n) is 11.4. The maximum atomic E-state index is 11.4. The summed E-state index contributed by atoms with van der Waals surface area (Å²) in [5.74, 6) is -0.176. The third-order valence-corrected chi connectivity index (χ3v) is 2.16. The van der Waals surface area contributed by atoms with Gasteiger partial charge in [-0.25, -0.2) is 0 Å². The molecule has 0 atom stereocenters. The van der Waals surface area contributed by atoms with Crippen LogP contribution in [0.5, 0.6) is 0 Å². The Morgan fingerprint density at radius 3 is 2.67 bits per heavy atom. The molecule has 1 N–H and O–H groups in total. The Kier molecular flexibility index (Phi) is 4.89. The van der Waals surface area contributed by atoms with E-state index in [1.807, 2.05) is 52.0 Å². The van der Waals surface area contributed by atoms with Crippen LogP contribution in [-0.2, 0) is 9.63 Å². The predicted octanol–water partition coefficient (Wildman–Crippen LogP) is 2.26. The molecule has 18 heavy (non-hydrogen) atoms. The minimum Gasteiger partial charge on any atom is -0.386 e. The number of hydrogen-bond acceptors (Lipinski definition) is 3. The highest BCUT2D eigenvalue weighted by atomic mass is 16.6. The number of benzene rings is 1. The highest BCUT2D eigenvalue weighted by Crippen LogP contribution is 2.03. The Balaban J connectivity index is 2.38. The fourth-order valence-corrected chi connectivity index (χ4v) is 1.38. The molecular weight excluding hydrogens is 228 g/mol. The summed E-state index contributed by atoms with van der Waals surface area (Å²) in [5.41, 5.74) is 1.85. The quantitative estimate of drug-likeness (QED) is 0.656. The largest absolute Gasteiger partial charge is 0.386 e. The van der Waals surface area contributed by atoms with E-state index in [0.717, 1.165) is 11.1 Å². The van der Waals surface area contributed by atoms with Gasteiger partial charge in [-0.2, -0.15) is 0 Å². The second-order valence-electron chi connectivity index (χ2n) is 5.16. The number of rotatable bonds is 4. The van der Waals surface area contributed by atoms with Gasteiger partial charge in [0.15, 0.2) is 6.61 Å². The summed E-state index contributed by atoms with van der Waals surface area (Å²) in [7, 11) is 0. The third-order valence-electron chi connectivity index (χ3n) is 2.16. The Hall–Kier alpha value is -1.84. The first-order chi connectivity index (χ1) is 8.38. The molecule has 98 valence electrons. The van der Waals surface area contributed by atoms with E-state index in [2.05, 4.69) is 10.5 Å². The second-order valence-corrected chi connectivity index (χ2v) is 5.16. The average molecular weight is 248 g/mol. The van der Waals surface area contributed by atoms with Crippen LogP contribution in [0.25, 0.3) is 0 Å². The fourth-order valence-electron chi connectivity index (χ4n) is 1.38. The van der Waals surface area contributed by atoms with Crippen molar-refractivity contribution in [3.63, 3.8) is 0 Å². The van der Waals surface area contributed by atoms with Gasteiger partial charge in [0, 0.05) is 5.54 Å². The highest BCUT2D eigenvalue weighted by Gasteiger charge is 2.13. The van der Waals surface area contributed by atoms with Gasteiger partial charge in [-0.15, -0.1) is 0 Å². The lowest BCUT2D eigenvalue weighted by atomic mass is 10.1. The predicted molar refractivity (Wildman–Crippen MR) is 72.6 cm³/mol. The van der Waals surface area contributed by atoms with Gasteiger partial charge in [-0.05, 0) is 38.8 Å². The first-order valence-corrected chi connectivity index (χ1v) is 5.90. The van der Waals surface area contributed by atoms with Crippen LogP contribution in [0.2, 0.25) is 0 Å². The first kappa shape index (κ1) is 14.2. The van der Waals surface area contributed by atoms with E-state index < -0.39 is 0 Å².